The molecule has 4 N–H and O–H groups in total. The zero-order chi connectivity index (χ0) is 30.1. The molecule has 41 heavy (non-hydrogen) atoms. The van der Waals surface area contributed by atoms with Crippen LogP contribution in [0.1, 0.15) is 87.3 Å². The molecule has 0 aliphatic heterocycles. The quantitative estimate of drug-likeness (QED) is 0.176. The van der Waals surface area contributed by atoms with Gasteiger partial charge in [-0.25, -0.2) is 14.6 Å². The molecule has 2 aromatic rings. The predicted molar refractivity (Wildman–Crippen MR) is 160 cm³/mol. The Morgan fingerprint density at radius 1 is 0.902 bits per heavy atom. The molecule has 10 heteroatoms. The molecular formula is C31H46N4O6. The van der Waals surface area contributed by atoms with Gasteiger partial charge in [0.2, 0.25) is 5.91 Å². The molecule has 0 unspecified atom stereocenters. The number of pyridine rings is 1. The van der Waals surface area contributed by atoms with E-state index in [4.69, 9.17) is 9.47 Å². The van der Waals surface area contributed by atoms with Gasteiger partial charge in [-0.05, 0) is 95.5 Å². The first kappa shape index (κ1) is 33.4. The van der Waals surface area contributed by atoms with Crippen LogP contribution in [0.5, 0.6) is 5.75 Å². The molecule has 0 spiro atoms. The number of benzene rings is 1. The van der Waals surface area contributed by atoms with E-state index in [1.54, 1.807) is 12.1 Å². The monoisotopic (exact) mass is 570 g/mol. The molecule has 0 saturated heterocycles. The summed E-state index contributed by atoms with van der Waals surface area (Å²) in [4.78, 5) is 39.8. The lowest BCUT2D eigenvalue weighted by Gasteiger charge is -2.19. The van der Waals surface area contributed by atoms with Crippen LogP contribution in [0.15, 0.2) is 36.4 Å². The molecule has 1 aromatic carbocycles. The molecule has 0 radical (unpaired) electrons. The summed E-state index contributed by atoms with van der Waals surface area (Å²) in [7, 11) is 1.83. The first-order valence-corrected chi connectivity index (χ1v) is 14.4. The Morgan fingerprint density at radius 3 is 2.34 bits per heavy atom. The van der Waals surface area contributed by atoms with Crippen LogP contribution >= 0.6 is 0 Å². The number of aromatic carboxylic acids is 1. The SMILES string of the molecule is CNc1cccc(CCc2ccc(C(=O)O)c(OCCCCCNC(=O)CCCCCNC(=O)OC(C)(C)C)c2)n1. The summed E-state index contributed by atoms with van der Waals surface area (Å²) in [6.07, 6.45) is 6.33. The Hall–Kier alpha value is -3.82. The molecular weight excluding hydrogens is 524 g/mol. The highest BCUT2D eigenvalue weighted by Crippen LogP contribution is 2.22. The minimum Gasteiger partial charge on any atom is -0.493 e. The number of carbonyl (C=O) groups excluding carboxylic acids is 2. The predicted octanol–water partition coefficient (Wildman–Crippen LogP) is 5.36. The number of hydrogen-bond acceptors (Lipinski definition) is 7. The summed E-state index contributed by atoms with van der Waals surface area (Å²) in [5.74, 6) is 0.199. The number of aromatic nitrogens is 1. The summed E-state index contributed by atoms with van der Waals surface area (Å²) in [6, 6.07) is 11.1. The lowest BCUT2D eigenvalue weighted by molar-refractivity contribution is -0.121. The molecule has 226 valence electrons. The maximum Gasteiger partial charge on any atom is 0.407 e. The molecule has 0 aliphatic carbocycles. The second-order valence-corrected chi connectivity index (χ2v) is 10.9. The van der Waals surface area contributed by atoms with Gasteiger partial charge in [0.05, 0.1) is 6.61 Å². The molecule has 1 aromatic heterocycles. The van der Waals surface area contributed by atoms with Crippen LogP contribution in [0.3, 0.4) is 0 Å². The molecule has 1 heterocycles. The number of alkyl carbamates (subject to hydrolysis) is 1. The van der Waals surface area contributed by atoms with Gasteiger partial charge in [0.25, 0.3) is 0 Å². The maximum atomic E-state index is 12.0. The number of rotatable bonds is 18. The number of carbonyl (C=O) groups is 3. The fraction of sp³-hybridized carbons (Fsp3) is 0.548. The summed E-state index contributed by atoms with van der Waals surface area (Å²) >= 11 is 0. The molecule has 2 amide bonds. The molecule has 0 saturated carbocycles. The van der Waals surface area contributed by atoms with Crippen LogP contribution in [0.25, 0.3) is 0 Å². The second kappa shape index (κ2) is 17.8. The van der Waals surface area contributed by atoms with Crippen molar-refractivity contribution in [2.24, 2.45) is 0 Å². The molecule has 0 atom stereocenters. The number of hydrogen-bond donors (Lipinski definition) is 4. The number of anilines is 1. The Bertz CT molecular complexity index is 1120. The fourth-order valence-electron chi connectivity index (χ4n) is 4.04. The number of nitrogens with zero attached hydrogens (tertiary/aromatic N) is 1. The smallest absolute Gasteiger partial charge is 0.407 e. The topological polar surface area (TPSA) is 139 Å². The average molecular weight is 571 g/mol. The molecule has 0 fully saturated rings. The maximum absolute atomic E-state index is 12.0. The largest absolute Gasteiger partial charge is 0.493 e. The first-order valence-electron chi connectivity index (χ1n) is 14.4. The van der Waals surface area contributed by atoms with Gasteiger partial charge in [0.15, 0.2) is 0 Å². The van der Waals surface area contributed by atoms with Crippen molar-refractivity contribution in [1.82, 2.24) is 15.6 Å². The van der Waals surface area contributed by atoms with E-state index in [-0.39, 0.29) is 11.5 Å². The van der Waals surface area contributed by atoms with E-state index < -0.39 is 17.7 Å². The third-order valence-electron chi connectivity index (χ3n) is 6.16. The summed E-state index contributed by atoms with van der Waals surface area (Å²) in [5, 5.41) is 18.2. The Labute approximate surface area is 243 Å². The van der Waals surface area contributed by atoms with Crippen LogP contribution in [0.2, 0.25) is 0 Å². The van der Waals surface area contributed by atoms with Gasteiger partial charge >= 0.3 is 12.1 Å². The molecule has 10 nitrogen and oxygen atoms in total. The van der Waals surface area contributed by atoms with E-state index in [0.29, 0.717) is 31.9 Å². The third-order valence-corrected chi connectivity index (χ3v) is 6.16. The lowest BCUT2D eigenvalue weighted by atomic mass is 10.0. The van der Waals surface area contributed by atoms with Gasteiger partial charge in [-0.3, -0.25) is 4.79 Å². The van der Waals surface area contributed by atoms with Gasteiger partial charge in [-0.2, -0.15) is 0 Å². The number of unbranched alkanes of at least 4 members (excludes halogenated alkanes) is 4. The van der Waals surface area contributed by atoms with Crippen molar-refractivity contribution >= 4 is 23.8 Å². The van der Waals surface area contributed by atoms with Crippen LogP contribution in [0, 0.1) is 0 Å². The van der Waals surface area contributed by atoms with Gasteiger partial charge in [-0.1, -0.05) is 18.6 Å². The summed E-state index contributed by atoms with van der Waals surface area (Å²) in [6.45, 7) is 6.99. The highest BCUT2D eigenvalue weighted by atomic mass is 16.6. The number of ether oxygens (including phenoxy) is 2. The standard InChI is InChI=1S/C31H46N4O6/c1-31(2,3)41-30(39)34-20-8-5-7-14-28(36)33-19-9-6-10-21-40-26-22-23(16-18-25(26)29(37)38)15-17-24-12-11-13-27(32-4)35-24/h11-13,16,18,22H,5-10,14-15,17,19-21H2,1-4H3,(H,32,35)(H,33,36)(H,34,39)(H,37,38). The summed E-state index contributed by atoms with van der Waals surface area (Å²) < 4.78 is 11.0. The van der Waals surface area contributed by atoms with Gasteiger partial charge in [-0.15, -0.1) is 0 Å². The van der Waals surface area contributed by atoms with Crippen LogP contribution in [0.4, 0.5) is 10.6 Å². The highest BCUT2D eigenvalue weighted by Gasteiger charge is 2.15. The zero-order valence-corrected chi connectivity index (χ0v) is 24.9. The van der Waals surface area contributed by atoms with Crippen molar-refractivity contribution in [3.05, 3.63) is 53.2 Å². The van der Waals surface area contributed by atoms with E-state index in [1.165, 1.54) is 0 Å². The number of nitrogens with one attached hydrogen (secondary N) is 3. The van der Waals surface area contributed by atoms with E-state index >= 15 is 0 Å². The van der Waals surface area contributed by atoms with E-state index in [1.807, 2.05) is 52.1 Å². The van der Waals surface area contributed by atoms with E-state index in [0.717, 1.165) is 68.4 Å². The second-order valence-electron chi connectivity index (χ2n) is 10.9. The average Bonchev–Trinajstić information content (AvgIpc) is 2.92. The summed E-state index contributed by atoms with van der Waals surface area (Å²) in [5.41, 5.74) is 1.59. The number of carboxylic acids is 1. The normalized spacial score (nSPS) is 11.0. The molecule has 2 rings (SSSR count). The van der Waals surface area contributed by atoms with Gasteiger partial charge in [0.1, 0.15) is 22.7 Å². The van der Waals surface area contributed by atoms with Gasteiger partial charge < -0.3 is 30.5 Å². The molecule has 0 aliphatic rings. The van der Waals surface area contributed by atoms with Crippen LogP contribution in [-0.4, -0.2) is 60.4 Å². The van der Waals surface area contributed by atoms with E-state index in [9.17, 15) is 19.5 Å². The third kappa shape index (κ3) is 14.4. The van der Waals surface area contributed by atoms with Crippen molar-refractivity contribution in [3.63, 3.8) is 0 Å². The minimum atomic E-state index is -1.02. The minimum absolute atomic E-state index is 0.0251. The lowest BCUT2D eigenvalue weighted by Crippen LogP contribution is -2.33. The van der Waals surface area contributed by atoms with Crippen molar-refractivity contribution < 1.29 is 29.0 Å². The number of amides is 2. The Kier molecular flexibility index (Phi) is 14.5. The van der Waals surface area contributed by atoms with Gasteiger partial charge in [0, 0.05) is 32.3 Å². The van der Waals surface area contributed by atoms with Crippen molar-refractivity contribution in [2.75, 3.05) is 32.1 Å². The van der Waals surface area contributed by atoms with Crippen molar-refractivity contribution in [3.8, 4) is 5.75 Å². The zero-order valence-electron chi connectivity index (χ0n) is 24.9. The molecule has 0 bridgehead atoms. The van der Waals surface area contributed by atoms with Crippen molar-refractivity contribution in [1.29, 1.82) is 0 Å². The highest BCUT2D eigenvalue weighted by molar-refractivity contribution is 5.91. The Morgan fingerprint density at radius 2 is 1.63 bits per heavy atom. The Balaban J connectivity index is 1.60. The number of carboxylic acid groups (broad SMARTS) is 1. The van der Waals surface area contributed by atoms with Crippen molar-refractivity contribution in [2.45, 2.75) is 84.2 Å². The van der Waals surface area contributed by atoms with Crippen LogP contribution < -0.4 is 20.7 Å². The first-order chi connectivity index (χ1) is 19.6. The number of aryl methyl sites for hydroxylation is 2. The fourth-order valence-corrected chi connectivity index (χ4v) is 4.04. The van der Waals surface area contributed by atoms with Crippen LogP contribution in [-0.2, 0) is 22.4 Å². The van der Waals surface area contributed by atoms with E-state index in [2.05, 4.69) is 20.9 Å².